The second-order valence-corrected chi connectivity index (χ2v) is 4.17. The predicted molar refractivity (Wildman–Crippen MR) is 69.6 cm³/mol. The van der Waals surface area contributed by atoms with Crippen LogP contribution in [0.15, 0.2) is 24.3 Å². The van der Waals surface area contributed by atoms with E-state index in [0.717, 1.165) is 11.6 Å². The number of nitriles is 1. The molecule has 0 unspecified atom stereocenters. The van der Waals surface area contributed by atoms with Crippen molar-refractivity contribution in [1.82, 2.24) is 4.90 Å². The number of rotatable bonds is 6. The first kappa shape index (κ1) is 14.9. The number of carboxylic acid groups (broad SMARTS) is 1. The SMILES string of the molecule is CN(CCC#N)Cc1ccc(F)c(/C=C/C(=O)O)c1. The molecule has 1 rings (SSSR count). The van der Waals surface area contributed by atoms with E-state index in [1.54, 1.807) is 12.1 Å². The van der Waals surface area contributed by atoms with Crippen LogP contribution in [0, 0.1) is 17.1 Å². The minimum absolute atomic E-state index is 0.244. The van der Waals surface area contributed by atoms with E-state index in [1.165, 1.54) is 12.1 Å². The molecule has 0 saturated heterocycles. The lowest BCUT2D eigenvalue weighted by Crippen LogP contribution is -2.18. The molecule has 0 amide bonds. The summed E-state index contributed by atoms with van der Waals surface area (Å²) in [5, 5.41) is 17.0. The molecule has 1 aromatic rings. The lowest BCUT2D eigenvalue weighted by Gasteiger charge is -2.15. The number of hydrogen-bond donors (Lipinski definition) is 1. The van der Waals surface area contributed by atoms with Gasteiger partial charge in [-0.05, 0) is 30.8 Å². The van der Waals surface area contributed by atoms with Crippen LogP contribution in [0.5, 0.6) is 0 Å². The molecule has 0 atom stereocenters. The molecule has 0 saturated carbocycles. The molecule has 1 aromatic carbocycles. The van der Waals surface area contributed by atoms with Crippen LogP contribution in [0.1, 0.15) is 17.5 Å². The summed E-state index contributed by atoms with van der Waals surface area (Å²) in [4.78, 5) is 12.4. The molecule has 5 heteroatoms. The minimum Gasteiger partial charge on any atom is -0.478 e. The van der Waals surface area contributed by atoms with E-state index in [-0.39, 0.29) is 5.56 Å². The van der Waals surface area contributed by atoms with Crippen LogP contribution in [0.3, 0.4) is 0 Å². The van der Waals surface area contributed by atoms with Crippen LogP contribution < -0.4 is 0 Å². The van der Waals surface area contributed by atoms with Crippen molar-refractivity contribution in [2.75, 3.05) is 13.6 Å². The van der Waals surface area contributed by atoms with Gasteiger partial charge < -0.3 is 10.0 Å². The van der Waals surface area contributed by atoms with Crippen molar-refractivity contribution in [3.05, 3.63) is 41.2 Å². The Labute approximate surface area is 111 Å². The molecule has 0 aliphatic carbocycles. The fourth-order valence-electron chi connectivity index (χ4n) is 1.61. The van der Waals surface area contributed by atoms with Crippen LogP contribution in [-0.4, -0.2) is 29.6 Å². The average molecular weight is 262 g/mol. The number of hydrogen-bond acceptors (Lipinski definition) is 3. The largest absolute Gasteiger partial charge is 0.478 e. The Morgan fingerprint density at radius 1 is 1.58 bits per heavy atom. The first-order chi connectivity index (χ1) is 9.02. The molecule has 0 radical (unpaired) electrons. The van der Waals surface area contributed by atoms with E-state index >= 15 is 0 Å². The van der Waals surface area contributed by atoms with E-state index < -0.39 is 11.8 Å². The van der Waals surface area contributed by atoms with Crippen molar-refractivity contribution < 1.29 is 14.3 Å². The lowest BCUT2D eigenvalue weighted by atomic mass is 10.1. The quantitative estimate of drug-likeness (QED) is 0.799. The average Bonchev–Trinajstić information content (AvgIpc) is 2.37. The van der Waals surface area contributed by atoms with Gasteiger partial charge in [-0.15, -0.1) is 0 Å². The number of nitrogens with zero attached hydrogens (tertiary/aromatic N) is 2. The summed E-state index contributed by atoms with van der Waals surface area (Å²) in [6.45, 7) is 1.21. The van der Waals surface area contributed by atoms with Gasteiger partial charge >= 0.3 is 5.97 Å². The molecular weight excluding hydrogens is 247 g/mol. The van der Waals surface area contributed by atoms with Gasteiger partial charge in [0.2, 0.25) is 0 Å². The third-order valence-corrected chi connectivity index (χ3v) is 2.52. The van der Waals surface area contributed by atoms with Crippen molar-refractivity contribution in [2.24, 2.45) is 0 Å². The van der Waals surface area contributed by atoms with Crippen LogP contribution in [0.2, 0.25) is 0 Å². The second kappa shape index (κ2) is 7.29. The monoisotopic (exact) mass is 262 g/mol. The van der Waals surface area contributed by atoms with E-state index in [1.807, 2.05) is 11.9 Å². The maximum atomic E-state index is 13.5. The zero-order chi connectivity index (χ0) is 14.3. The Balaban J connectivity index is 2.78. The molecule has 4 nitrogen and oxygen atoms in total. The fraction of sp³-hybridized carbons (Fsp3) is 0.286. The standard InChI is InChI=1S/C14H15FN2O2/c1-17(8-2-7-16)10-11-3-5-13(15)12(9-11)4-6-14(18)19/h3-6,9H,2,8,10H2,1H3,(H,18,19)/b6-4+. The van der Waals surface area contributed by atoms with Crippen LogP contribution >= 0.6 is 0 Å². The second-order valence-electron chi connectivity index (χ2n) is 4.17. The zero-order valence-corrected chi connectivity index (χ0v) is 10.6. The van der Waals surface area contributed by atoms with E-state index in [4.69, 9.17) is 10.4 Å². The first-order valence-corrected chi connectivity index (χ1v) is 5.78. The highest BCUT2D eigenvalue weighted by molar-refractivity contribution is 5.85. The highest BCUT2D eigenvalue weighted by Gasteiger charge is 2.04. The van der Waals surface area contributed by atoms with Gasteiger partial charge in [-0.25, -0.2) is 9.18 Å². The van der Waals surface area contributed by atoms with Crippen LogP contribution in [0.4, 0.5) is 4.39 Å². The van der Waals surface area contributed by atoms with Gasteiger partial charge in [0.25, 0.3) is 0 Å². The fourth-order valence-corrected chi connectivity index (χ4v) is 1.61. The van der Waals surface area contributed by atoms with Gasteiger partial charge in [0.05, 0.1) is 6.07 Å². The summed E-state index contributed by atoms with van der Waals surface area (Å²) in [6.07, 6.45) is 2.57. The molecular formula is C14H15FN2O2. The molecule has 0 bridgehead atoms. The normalized spacial score (nSPS) is 10.8. The molecule has 19 heavy (non-hydrogen) atoms. The summed E-state index contributed by atoms with van der Waals surface area (Å²) < 4.78 is 13.5. The van der Waals surface area contributed by atoms with Crippen molar-refractivity contribution in [3.63, 3.8) is 0 Å². The summed E-state index contributed by atoms with van der Waals surface area (Å²) in [7, 11) is 1.87. The van der Waals surface area contributed by atoms with Crippen LogP contribution in [-0.2, 0) is 11.3 Å². The Morgan fingerprint density at radius 3 is 2.95 bits per heavy atom. The zero-order valence-electron chi connectivity index (χ0n) is 10.6. The third kappa shape index (κ3) is 5.32. The molecule has 0 aromatic heterocycles. The van der Waals surface area contributed by atoms with Crippen molar-refractivity contribution in [2.45, 2.75) is 13.0 Å². The summed E-state index contributed by atoms with van der Waals surface area (Å²) in [6, 6.07) is 6.63. The number of aliphatic carboxylic acids is 1. The molecule has 0 aliphatic rings. The molecule has 0 spiro atoms. The third-order valence-electron chi connectivity index (χ3n) is 2.52. The smallest absolute Gasteiger partial charge is 0.328 e. The van der Waals surface area contributed by atoms with Crippen molar-refractivity contribution >= 4 is 12.0 Å². The van der Waals surface area contributed by atoms with Gasteiger partial charge in [-0.2, -0.15) is 5.26 Å². The number of benzene rings is 1. The molecule has 0 heterocycles. The Hall–Kier alpha value is -2.19. The van der Waals surface area contributed by atoms with Crippen LogP contribution in [0.25, 0.3) is 6.08 Å². The molecule has 0 aliphatic heterocycles. The summed E-state index contributed by atoms with van der Waals surface area (Å²) in [5.41, 5.74) is 1.11. The maximum absolute atomic E-state index is 13.5. The van der Waals surface area contributed by atoms with E-state index in [0.29, 0.717) is 19.5 Å². The number of carbonyl (C=O) groups is 1. The lowest BCUT2D eigenvalue weighted by molar-refractivity contribution is -0.131. The van der Waals surface area contributed by atoms with Crippen molar-refractivity contribution in [1.29, 1.82) is 5.26 Å². The maximum Gasteiger partial charge on any atom is 0.328 e. The van der Waals surface area contributed by atoms with Gasteiger partial charge in [0, 0.05) is 31.1 Å². The van der Waals surface area contributed by atoms with Gasteiger partial charge in [0.15, 0.2) is 0 Å². The van der Waals surface area contributed by atoms with Gasteiger partial charge in [-0.1, -0.05) is 6.07 Å². The topological polar surface area (TPSA) is 64.3 Å². The van der Waals surface area contributed by atoms with E-state index in [2.05, 4.69) is 6.07 Å². The van der Waals surface area contributed by atoms with Gasteiger partial charge in [0.1, 0.15) is 5.82 Å². The van der Waals surface area contributed by atoms with Crippen molar-refractivity contribution in [3.8, 4) is 6.07 Å². The van der Waals surface area contributed by atoms with Gasteiger partial charge in [-0.3, -0.25) is 0 Å². The molecule has 1 N–H and O–H groups in total. The summed E-state index contributed by atoms with van der Waals surface area (Å²) in [5.74, 6) is -1.57. The first-order valence-electron chi connectivity index (χ1n) is 5.78. The minimum atomic E-state index is -1.11. The highest BCUT2D eigenvalue weighted by Crippen LogP contribution is 2.14. The molecule has 100 valence electrons. The Morgan fingerprint density at radius 2 is 2.32 bits per heavy atom. The summed E-state index contributed by atoms with van der Waals surface area (Å²) >= 11 is 0. The number of halogens is 1. The number of carboxylic acids is 1. The molecule has 0 fully saturated rings. The Bertz CT molecular complexity index is 521. The Kier molecular flexibility index (Phi) is 5.71. The van der Waals surface area contributed by atoms with E-state index in [9.17, 15) is 9.18 Å². The predicted octanol–water partition coefficient (Wildman–Crippen LogP) is 2.27. The highest BCUT2D eigenvalue weighted by atomic mass is 19.1.